The van der Waals surface area contributed by atoms with Gasteiger partial charge in [0.1, 0.15) is 0 Å². The van der Waals surface area contributed by atoms with Gasteiger partial charge in [-0.25, -0.2) is 8.42 Å². The molecule has 0 spiro atoms. The van der Waals surface area contributed by atoms with Gasteiger partial charge in [-0.15, -0.1) is 0 Å². The van der Waals surface area contributed by atoms with Gasteiger partial charge in [0.25, 0.3) is 0 Å². The fourth-order valence-corrected chi connectivity index (χ4v) is 0.904. The number of hydrogen-bond donors (Lipinski definition) is 0. The molecule has 0 N–H and O–H groups in total. The molecule has 0 aliphatic heterocycles. The lowest BCUT2D eigenvalue weighted by atomic mass is 10.5. The van der Waals surface area contributed by atoms with Crippen LogP contribution in [0.15, 0.2) is 0 Å². The smallest absolute Gasteiger partial charge is 0.170 e. The number of ketones is 1. The van der Waals surface area contributed by atoms with Crippen molar-refractivity contribution in [2.45, 2.75) is 10.2 Å². The fourth-order valence-electron chi connectivity index (χ4n) is 0.301. The standard InChI is InChI=1S/C4H7IO3S/c1-3(6)4(5)9(2,7)8/h4H,1-2H3. The highest BCUT2D eigenvalue weighted by Gasteiger charge is 2.20. The van der Waals surface area contributed by atoms with Crippen molar-refractivity contribution in [1.82, 2.24) is 0 Å². The Morgan fingerprint density at radius 3 is 1.89 bits per heavy atom. The van der Waals surface area contributed by atoms with Crippen molar-refractivity contribution in [2.24, 2.45) is 0 Å². The van der Waals surface area contributed by atoms with Crippen molar-refractivity contribution >= 4 is 38.2 Å². The molecule has 0 radical (unpaired) electrons. The molecule has 0 aliphatic carbocycles. The molecule has 0 fully saturated rings. The molecule has 0 aromatic carbocycles. The van der Waals surface area contributed by atoms with Crippen LogP contribution in [0.1, 0.15) is 6.92 Å². The Hall–Kier alpha value is 0.350. The summed E-state index contributed by atoms with van der Waals surface area (Å²) in [6.07, 6.45) is 1.05. The molecule has 1 unspecified atom stereocenters. The van der Waals surface area contributed by atoms with Crippen LogP contribution in [-0.2, 0) is 14.6 Å². The predicted octanol–water partition coefficient (Wildman–Crippen LogP) is 0.381. The van der Waals surface area contributed by atoms with Gasteiger partial charge in [-0.05, 0) is 6.92 Å². The molecule has 5 heteroatoms. The molecule has 3 nitrogen and oxygen atoms in total. The van der Waals surface area contributed by atoms with Gasteiger partial charge in [-0.2, -0.15) is 0 Å². The first-order valence-corrected chi connectivity index (χ1v) is 5.39. The quantitative estimate of drug-likeness (QED) is 0.534. The molecule has 9 heavy (non-hydrogen) atoms. The number of carbonyl (C=O) groups is 1. The van der Waals surface area contributed by atoms with Gasteiger partial charge in [-0.1, -0.05) is 22.6 Å². The lowest BCUT2D eigenvalue weighted by molar-refractivity contribution is -0.115. The molecule has 0 aromatic heterocycles. The van der Waals surface area contributed by atoms with Gasteiger partial charge < -0.3 is 0 Å². The predicted molar refractivity (Wildman–Crippen MR) is 43.3 cm³/mol. The lowest BCUT2D eigenvalue weighted by Crippen LogP contribution is -2.20. The molecule has 0 bridgehead atoms. The van der Waals surface area contributed by atoms with E-state index in [0.29, 0.717) is 0 Å². The van der Waals surface area contributed by atoms with Gasteiger partial charge in [0.05, 0.1) is 0 Å². The average Bonchev–Trinajstić information content (AvgIpc) is 1.62. The zero-order chi connectivity index (χ0) is 7.65. The van der Waals surface area contributed by atoms with E-state index >= 15 is 0 Å². The lowest BCUT2D eigenvalue weighted by Gasteiger charge is -1.99. The Kier molecular flexibility index (Phi) is 3.07. The maximum Gasteiger partial charge on any atom is 0.170 e. The van der Waals surface area contributed by atoms with Crippen LogP contribution in [0, 0.1) is 0 Å². The summed E-state index contributed by atoms with van der Waals surface area (Å²) in [5, 5.41) is 0. The molecule has 0 amide bonds. The first-order chi connectivity index (χ1) is 3.85. The molecule has 0 heterocycles. The monoisotopic (exact) mass is 262 g/mol. The van der Waals surface area contributed by atoms with Crippen LogP contribution in [0.2, 0.25) is 0 Å². The molecule has 1 atom stereocenters. The molecule has 0 saturated heterocycles. The molecular weight excluding hydrogens is 255 g/mol. The van der Waals surface area contributed by atoms with Gasteiger partial charge in [0.2, 0.25) is 0 Å². The first-order valence-electron chi connectivity index (χ1n) is 2.19. The molecule has 0 rings (SSSR count). The number of carbonyl (C=O) groups excluding carboxylic acids is 1. The maximum absolute atomic E-state index is 10.5. The summed E-state index contributed by atoms with van der Waals surface area (Å²) in [5.41, 5.74) is 0. The normalized spacial score (nSPS) is 15.0. The highest BCUT2D eigenvalue weighted by Crippen LogP contribution is 2.08. The number of hydrogen-bond acceptors (Lipinski definition) is 3. The minimum absolute atomic E-state index is 0.321. The number of halogens is 1. The number of alkyl halides is 1. The summed E-state index contributed by atoms with van der Waals surface area (Å²) in [4.78, 5) is 10.4. The Morgan fingerprint density at radius 1 is 1.56 bits per heavy atom. The SMILES string of the molecule is CC(=O)C(I)S(C)(=O)=O. The summed E-state index contributed by atoms with van der Waals surface area (Å²) >= 11 is 1.60. The molecular formula is C4H7IO3S. The van der Waals surface area contributed by atoms with Gasteiger partial charge in [0.15, 0.2) is 18.9 Å². The Balaban J connectivity index is 4.43. The second-order valence-electron chi connectivity index (χ2n) is 1.76. The molecule has 0 saturated carbocycles. The van der Waals surface area contributed by atoms with Crippen LogP contribution in [-0.4, -0.2) is 23.7 Å². The zero-order valence-electron chi connectivity index (χ0n) is 5.09. The second-order valence-corrected chi connectivity index (χ2v) is 5.98. The van der Waals surface area contributed by atoms with Gasteiger partial charge in [-0.3, -0.25) is 4.79 Å². The van der Waals surface area contributed by atoms with Crippen molar-refractivity contribution in [3.8, 4) is 0 Å². The highest BCUT2D eigenvalue weighted by molar-refractivity contribution is 14.1. The van der Waals surface area contributed by atoms with Crippen molar-refractivity contribution in [3.05, 3.63) is 0 Å². The van der Waals surface area contributed by atoms with Crippen LogP contribution in [0.3, 0.4) is 0 Å². The van der Waals surface area contributed by atoms with E-state index < -0.39 is 13.1 Å². The minimum Gasteiger partial charge on any atom is -0.298 e. The second kappa shape index (κ2) is 2.96. The molecule has 0 aliphatic rings. The van der Waals surface area contributed by atoms with Gasteiger partial charge in [0, 0.05) is 6.26 Å². The third kappa shape index (κ3) is 3.14. The molecule has 0 aromatic rings. The van der Waals surface area contributed by atoms with E-state index in [-0.39, 0.29) is 5.78 Å². The molecule has 54 valence electrons. The number of sulfone groups is 1. The van der Waals surface area contributed by atoms with E-state index in [0.717, 1.165) is 6.26 Å². The van der Waals surface area contributed by atoms with Crippen LogP contribution < -0.4 is 0 Å². The van der Waals surface area contributed by atoms with Crippen LogP contribution in [0.5, 0.6) is 0 Å². The van der Waals surface area contributed by atoms with Crippen LogP contribution in [0.25, 0.3) is 0 Å². The van der Waals surface area contributed by atoms with Crippen LogP contribution >= 0.6 is 22.6 Å². The summed E-state index contributed by atoms with van der Waals surface area (Å²) in [6, 6.07) is 0. The largest absolute Gasteiger partial charge is 0.298 e. The maximum atomic E-state index is 10.5. The summed E-state index contributed by atoms with van der Waals surface area (Å²) in [7, 11) is -3.16. The van der Waals surface area contributed by atoms with E-state index in [1.807, 2.05) is 0 Å². The Labute approximate surface area is 67.9 Å². The van der Waals surface area contributed by atoms with E-state index in [1.54, 1.807) is 22.6 Å². The van der Waals surface area contributed by atoms with Crippen molar-refractivity contribution in [1.29, 1.82) is 0 Å². The number of Topliss-reactive ketones (excluding diaryl/α,β-unsaturated/α-hetero) is 1. The Bertz CT molecular complexity index is 206. The third-order valence-corrected chi connectivity index (χ3v) is 5.43. The van der Waals surface area contributed by atoms with E-state index in [1.165, 1.54) is 6.92 Å². The van der Waals surface area contributed by atoms with E-state index in [2.05, 4.69) is 0 Å². The number of rotatable bonds is 2. The van der Waals surface area contributed by atoms with Crippen molar-refractivity contribution in [3.63, 3.8) is 0 Å². The summed E-state index contributed by atoms with van der Waals surface area (Å²) in [6.45, 7) is 1.26. The van der Waals surface area contributed by atoms with Gasteiger partial charge >= 0.3 is 0 Å². The van der Waals surface area contributed by atoms with Crippen LogP contribution in [0.4, 0.5) is 0 Å². The topological polar surface area (TPSA) is 51.2 Å². The van der Waals surface area contributed by atoms with Crippen molar-refractivity contribution in [2.75, 3.05) is 6.26 Å². The highest BCUT2D eigenvalue weighted by atomic mass is 127. The zero-order valence-corrected chi connectivity index (χ0v) is 8.06. The summed E-state index contributed by atoms with van der Waals surface area (Å²) in [5.74, 6) is -0.321. The average molecular weight is 262 g/mol. The third-order valence-electron chi connectivity index (χ3n) is 0.696. The first kappa shape index (κ1) is 9.35. The fraction of sp³-hybridized carbons (Fsp3) is 0.750. The summed E-state index contributed by atoms with van der Waals surface area (Å²) < 4.78 is 20.2. The Morgan fingerprint density at radius 2 is 1.89 bits per heavy atom. The van der Waals surface area contributed by atoms with Crippen molar-refractivity contribution < 1.29 is 13.2 Å². The van der Waals surface area contributed by atoms with E-state index in [9.17, 15) is 13.2 Å². The van der Waals surface area contributed by atoms with E-state index in [4.69, 9.17) is 0 Å². The minimum atomic E-state index is -3.16.